The Hall–Kier alpha value is -2.52. The van der Waals surface area contributed by atoms with Crippen LogP contribution >= 0.6 is 0 Å². The molecule has 1 saturated heterocycles. The van der Waals surface area contributed by atoms with Crippen LogP contribution in [0.25, 0.3) is 5.69 Å². The molecule has 1 aliphatic rings. The molecular formula is C19H24N6O2S. The summed E-state index contributed by atoms with van der Waals surface area (Å²) in [5, 5.41) is 12.4. The fourth-order valence-corrected chi connectivity index (χ4v) is 5.18. The Labute approximate surface area is 164 Å². The first kappa shape index (κ1) is 18.8. The van der Waals surface area contributed by atoms with Gasteiger partial charge in [-0.1, -0.05) is 18.2 Å². The summed E-state index contributed by atoms with van der Waals surface area (Å²) in [7, 11) is -3.52. The van der Waals surface area contributed by atoms with Gasteiger partial charge in [0, 0.05) is 37.9 Å². The van der Waals surface area contributed by atoms with E-state index in [9.17, 15) is 8.42 Å². The molecule has 0 saturated carbocycles. The largest absolute Gasteiger partial charge is 0.286 e. The van der Waals surface area contributed by atoms with Crippen molar-refractivity contribution in [1.82, 2.24) is 28.9 Å². The van der Waals surface area contributed by atoms with E-state index in [4.69, 9.17) is 0 Å². The summed E-state index contributed by atoms with van der Waals surface area (Å²) in [5.41, 5.74) is 1.01. The van der Waals surface area contributed by atoms with Gasteiger partial charge < -0.3 is 0 Å². The van der Waals surface area contributed by atoms with Gasteiger partial charge in [-0.25, -0.2) is 8.42 Å². The third-order valence-corrected chi connectivity index (χ3v) is 7.00. The van der Waals surface area contributed by atoms with E-state index in [1.54, 1.807) is 21.5 Å². The van der Waals surface area contributed by atoms with Crippen LogP contribution in [-0.2, 0) is 23.0 Å². The lowest BCUT2D eigenvalue weighted by Crippen LogP contribution is -2.40. The van der Waals surface area contributed by atoms with Gasteiger partial charge in [-0.3, -0.25) is 9.25 Å². The molecule has 0 radical (unpaired) electrons. The van der Waals surface area contributed by atoms with Crippen molar-refractivity contribution in [2.45, 2.75) is 37.6 Å². The maximum absolute atomic E-state index is 13.0. The van der Waals surface area contributed by atoms with Crippen molar-refractivity contribution in [2.24, 2.45) is 5.92 Å². The van der Waals surface area contributed by atoms with Gasteiger partial charge in [0.05, 0.1) is 6.20 Å². The Morgan fingerprint density at radius 1 is 1.21 bits per heavy atom. The quantitative estimate of drug-likeness (QED) is 0.633. The number of hydrogen-bond donors (Lipinski definition) is 0. The van der Waals surface area contributed by atoms with Gasteiger partial charge in [0.25, 0.3) is 0 Å². The van der Waals surface area contributed by atoms with Crippen LogP contribution < -0.4 is 0 Å². The molecule has 0 bridgehead atoms. The van der Waals surface area contributed by atoms with Crippen LogP contribution in [0.5, 0.6) is 0 Å². The van der Waals surface area contributed by atoms with Gasteiger partial charge in [-0.05, 0) is 37.8 Å². The van der Waals surface area contributed by atoms with Crippen LogP contribution in [0.15, 0.2) is 53.9 Å². The minimum absolute atomic E-state index is 0.205. The molecule has 1 unspecified atom stereocenters. The van der Waals surface area contributed by atoms with E-state index in [0.29, 0.717) is 26.1 Å². The second-order valence-corrected chi connectivity index (χ2v) is 9.00. The molecule has 0 amide bonds. The molecule has 28 heavy (non-hydrogen) atoms. The fraction of sp³-hybridized carbons (Fsp3) is 0.421. The van der Waals surface area contributed by atoms with Crippen LogP contribution in [0, 0.1) is 5.92 Å². The van der Waals surface area contributed by atoms with Crippen molar-refractivity contribution in [3.05, 3.63) is 54.9 Å². The van der Waals surface area contributed by atoms with Crippen molar-refractivity contribution in [2.75, 3.05) is 13.1 Å². The number of piperidine rings is 1. The topological polar surface area (TPSA) is 85.9 Å². The number of aryl methyl sites for hydroxylation is 1. The number of nitrogens with zero attached hydrogens (tertiary/aromatic N) is 6. The smallest absolute Gasteiger partial charge is 0.246 e. The zero-order chi connectivity index (χ0) is 19.6. The standard InChI is InChI=1S/C19H24N6O2S/c1-2-23-14-18(12-21-23)28(26,27)24-10-6-7-16(13-24)11-19-22-20-15-25(19)17-8-4-3-5-9-17/h3-5,8-9,12,14-16H,2,6-7,10-11,13H2,1H3. The number of sulfonamides is 1. The van der Waals surface area contributed by atoms with Gasteiger partial charge in [-0.15, -0.1) is 10.2 Å². The first-order valence-corrected chi connectivity index (χ1v) is 11.0. The third kappa shape index (κ3) is 3.72. The Kier molecular flexibility index (Phi) is 5.27. The molecule has 9 heteroatoms. The molecule has 0 aliphatic carbocycles. The average molecular weight is 401 g/mol. The van der Waals surface area contributed by atoms with E-state index in [1.165, 1.54) is 6.20 Å². The van der Waals surface area contributed by atoms with E-state index in [2.05, 4.69) is 15.3 Å². The number of aromatic nitrogens is 5. The summed E-state index contributed by atoms with van der Waals surface area (Å²) >= 11 is 0. The summed E-state index contributed by atoms with van der Waals surface area (Å²) < 4.78 is 31.2. The molecule has 2 aromatic heterocycles. The number of para-hydroxylation sites is 1. The minimum Gasteiger partial charge on any atom is -0.286 e. The van der Waals surface area contributed by atoms with E-state index < -0.39 is 10.0 Å². The molecule has 1 atom stereocenters. The SMILES string of the molecule is CCn1cc(S(=O)(=O)N2CCCC(Cc3nncn3-c3ccccc3)C2)cn1. The molecule has 3 aromatic rings. The maximum Gasteiger partial charge on any atom is 0.246 e. The molecule has 0 spiro atoms. The van der Waals surface area contributed by atoms with Crippen LogP contribution in [0.4, 0.5) is 0 Å². The fourth-order valence-electron chi connectivity index (χ4n) is 3.67. The summed E-state index contributed by atoms with van der Waals surface area (Å²) in [6.07, 6.45) is 7.25. The van der Waals surface area contributed by atoms with Crippen molar-refractivity contribution in [3.63, 3.8) is 0 Å². The lowest BCUT2D eigenvalue weighted by molar-refractivity contribution is 0.262. The molecule has 3 heterocycles. The summed E-state index contributed by atoms with van der Waals surface area (Å²) in [4.78, 5) is 0.266. The highest BCUT2D eigenvalue weighted by molar-refractivity contribution is 7.89. The molecule has 1 aromatic carbocycles. The maximum atomic E-state index is 13.0. The summed E-state index contributed by atoms with van der Waals surface area (Å²) in [6, 6.07) is 9.94. The van der Waals surface area contributed by atoms with E-state index in [-0.39, 0.29) is 10.8 Å². The van der Waals surface area contributed by atoms with Crippen LogP contribution in [-0.4, -0.2) is 50.4 Å². The zero-order valence-electron chi connectivity index (χ0n) is 15.8. The second kappa shape index (κ2) is 7.84. The van der Waals surface area contributed by atoms with Crippen molar-refractivity contribution in [1.29, 1.82) is 0 Å². The molecular weight excluding hydrogens is 376 g/mol. The van der Waals surface area contributed by atoms with Crippen molar-refractivity contribution >= 4 is 10.0 Å². The lowest BCUT2D eigenvalue weighted by Gasteiger charge is -2.31. The predicted octanol–water partition coefficient (Wildman–Crippen LogP) is 2.13. The Morgan fingerprint density at radius 3 is 2.79 bits per heavy atom. The number of rotatable bonds is 6. The molecule has 148 valence electrons. The van der Waals surface area contributed by atoms with Crippen LogP contribution in [0.2, 0.25) is 0 Å². The predicted molar refractivity (Wildman–Crippen MR) is 104 cm³/mol. The Morgan fingerprint density at radius 2 is 2.04 bits per heavy atom. The van der Waals surface area contributed by atoms with Crippen molar-refractivity contribution in [3.8, 4) is 5.69 Å². The van der Waals surface area contributed by atoms with E-state index in [1.807, 2.05) is 41.8 Å². The van der Waals surface area contributed by atoms with E-state index in [0.717, 1.165) is 24.4 Å². The van der Waals surface area contributed by atoms with Crippen LogP contribution in [0.3, 0.4) is 0 Å². The van der Waals surface area contributed by atoms with Gasteiger partial charge in [0.15, 0.2) is 0 Å². The van der Waals surface area contributed by atoms with E-state index >= 15 is 0 Å². The third-order valence-electron chi connectivity index (χ3n) is 5.18. The number of benzene rings is 1. The highest BCUT2D eigenvalue weighted by atomic mass is 32.2. The van der Waals surface area contributed by atoms with Crippen LogP contribution in [0.1, 0.15) is 25.6 Å². The molecule has 1 fully saturated rings. The number of hydrogen-bond acceptors (Lipinski definition) is 5. The zero-order valence-corrected chi connectivity index (χ0v) is 16.7. The van der Waals surface area contributed by atoms with Gasteiger partial charge >= 0.3 is 0 Å². The molecule has 1 aliphatic heterocycles. The first-order chi connectivity index (χ1) is 13.6. The van der Waals surface area contributed by atoms with Crippen molar-refractivity contribution < 1.29 is 8.42 Å². The Bertz CT molecular complexity index is 1030. The normalized spacial score (nSPS) is 18.4. The summed E-state index contributed by atoms with van der Waals surface area (Å²) in [6.45, 7) is 3.61. The Balaban J connectivity index is 1.50. The van der Waals surface area contributed by atoms with Gasteiger partial charge in [-0.2, -0.15) is 9.40 Å². The molecule has 8 nitrogen and oxygen atoms in total. The highest BCUT2D eigenvalue weighted by Gasteiger charge is 2.31. The highest BCUT2D eigenvalue weighted by Crippen LogP contribution is 2.26. The molecule has 0 N–H and O–H groups in total. The minimum atomic E-state index is -3.52. The molecule has 4 rings (SSSR count). The monoisotopic (exact) mass is 400 g/mol. The van der Waals surface area contributed by atoms with Gasteiger partial charge in [0.1, 0.15) is 17.0 Å². The average Bonchev–Trinajstić information content (AvgIpc) is 3.39. The summed E-state index contributed by atoms with van der Waals surface area (Å²) in [5.74, 6) is 1.06. The first-order valence-electron chi connectivity index (χ1n) is 9.55. The second-order valence-electron chi connectivity index (χ2n) is 7.06. The van der Waals surface area contributed by atoms with Gasteiger partial charge in [0.2, 0.25) is 10.0 Å². The lowest BCUT2D eigenvalue weighted by atomic mass is 9.96.